The molecule has 6 nitrogen and oxygen atoms in total. The van der Waals surface area contributed by atoms with E-state index in [1.54, 1.807) is 19.4 Å². The molecule has 1 aromatic carbocycles. The van der Waals surface area contributed by atoms with Gasteiger partial charge in [0.15, 0.2) is 0 Å². The molecule has 0 unspecified atom stereocenters. The number of amides is 2. The van der Waals surface area contributed by atoms with Gasteiger partial charge < -0.3 is 10.2 Å². The summed E-state index contributed by atoms with van der Waals surface area (Å²) in [6.07, 6.45) is 5.30. The minimum atomic E-state index is -0.889. The van der Waals surface area contributed by atoms with Gasteiger partial charge in [0.25, 0.3) is 11.8 Å². The molecule has 0 aliphatic rings. The quantitative estimate of drug-likeness (QED) is 0.694. The summed E-state index contributed by atoms with van der Waals surface area (Å²) < 4.78 is 27.5. The molecule has 29 heavy (non-hydrogen) atoms. The van der Waals surface area contributed by atoms with Gasteiger partial charge in [-0.1, -0.05) is 6.07 Å². The summed E-state index contributed by atoms with van der Waals surface area (Å²) in [5, 5.41) is 2.19. The fraction of sp³-hybridized carbons (Fsp3) is 0.143. The highest BCUT2D eigenvalue weighted by atomic mass is 19.1. The average molecular weight is 396 g/mol. The van der Waals surface area contributed by atoms with Gasteiger partial charge in [-0.25, -0.2) is 8.78 Å². The normalized spacial score (nSPS) is 10.4. The van der Waals surface area contributed by atoms with Crippen molar-refractivity contribution in [1.82, 2.24) is 14.9 Å². The largest absolute Gasteiger partial charge is 0.340 e. The average Bonchev–Trinajstić information content (AvgIpc) is 2.75. The maximum atomic E-state index is 13.7. The van der Waals surface area contributed by atoms with E-state index in [1.165, 1.54) is 29.3 Å². The Morgan fingerprint density at radius 1 is 1.03 bits per heavy atom. The number of para-hydroxylation sites is 1. The second-order valence-corrected chi connectivity index (χ2v) is 6.31. The molecule has 0 saturated carbocycles. The number of nitrogens with zero attached hydrogens (tertiary/aromatic N) is 3. The highest BCUT2D eigenvalue weighted by Crippen LogP contribution is 2.19. The van der Waals surface area contributed by atoms with Crippen LogP contribution < -0.4 is 5.32 Å². The molecular weight excluding hydrogens is 378 g/mol. The van der Waals surface area contributed by atoms with E-state index in [0.29, 0.717) is 13.0 Å². The van der Waals surface area contributed by atoms with Gasteiger partial charge in [-0.3, -0.25) is 19.6 Å². The van der Waals surface area contributed by atoms with Crippen molar-refractivity contribution >= 4 is 17.5 Å². The number of aromatic nitrogens is 2. The van der Waals surface area contributed by atoms with Crippen molar-refractivity contribution in [2.24, 2.45) is 0 Å². The minimum Gasteiger partial charge on any atom is -0.340 e. The summed E-state index contributed by atoms with van der Waals surface area (Å²) in [6.45, 7) is 0.446. The predicted octanol–water partition coefficient (Wildman–Crippen LogP) is 3.32. The summed E-state index contributed by atoms with van der Waals surface area (Å²) in [4.78, 5) is 34.4. The Hall–Kier alpha value is -3.68. The molecule has 0 aliphatic heterocycles. The van der Waals surface area contributed by atoms with E-state index in [4.69, 9.17) is 0 Å². The molecule has 0 bridgehead atoms. The third kappa shape index (κ3) is 4.98. The van der Waals surface area contributed by atoms with Crippen molar-refractivity contribution in [2.45, 2.75) is 6.42 Å². The number of pyridine rings is 2. The van der Waals surface area contributed by atoms with E-state index in [2.05, 4.69) is 15.3 Å². The van der Waals surface area contributed by atoms with Crippen molar-refractivity contribution in [3.8, 4) is 0 Å². The van der Waals surface area contributed by atoms with Gasteiger partial charge in [0.2, 0.25) is 0 Å². The number of nitrogens with one attached hydrogen (secondary N) is 1. The molecule has 0 radical (unpaired) electrons. The summed E-state index contributed by atoms with van der Waals surface area (Å²) in [5.74, 6) is -2.89. The van der Waals surface area contributed by atoms with Crippen LogP contribution in [0.25, 0.3) is 0 Å². The summed E-state index contributed by atoms with van der Waals surface area (Å²) >= 11 is 0. The SMILES string of the molecule is CN(CCc1ccncc1)C(=O)c1cc(C(=O)Nc2c(F)cccc2F)ccn1. The molecule has 3 rings (SSSR count). The number of likely N-dealkylation sites (N-methyl/N-ethyl adjacent to an activating group) is 1. The molecule has 0 atom stereocenters. The van der Waals surface area contributed by atoms with Crippen LogP contribution in [0.3, 0.4) is 0 Å². The Morgan fingerprint density at radius 3 is 2.41 bits per heavy atom. The lowest BCUT2D eigenvalue weighted by Crippen LogP contribution is -2.29. The number of hydrogen-bond donors (Lipinski definition) is 1. The van der Waals surface area contributed by atoms with Gasteiger partial charge in [-0.15, -0.1) is 0 Å². The van der Waals surface area contributed by atoms with E-state index in [1.807, 2.05) is 12.1 Å². The van der Waals surface area contributed by atoms with Gasteiger partial charge >= 0.3 is 0 Å². The predicted molar refractivity (Wildman–Crippen MR) is 103 cm³/mol. The number of carbonyl (C=O) groups is 2. The Kier molecular flexibility index (Phi) is 6.23. The number of hydrogen-bond acceptors (Lipinski definition) is 4. The number of rotatable bonds is 6. The maximum absolute atomic E-state index is 13.7. The van der Waals surface area contributed by atoms with Crippen molar-refractivity contribution in [1.29, 1.82) is 0 Å². The molecule has 1 N–H and O–H groups in total. The van der Waals surface area contributed by atoms with Crippen molar-refractivity contribution in [2.75, 3.05) is 18.9 Å². The fourth-order valence-electron chi connectivity index (χ4n) is 2.64. The molecule has 2 aromatic heterocycles. The van der Waals surface area contributed by atoms with E-state index in [0.717, 1.165) is 17.7 Å². The van der Waals surface area contributed by atoms with Crippen LogP contribution in [0, 0.1) is 11.6 Å². The van der Waals surface area contributed by atoms with E-state index in [-0.39, 0.29) is 17.2 Å². The molecule has 148 valence electrons. The van der Waals surface area contributed by atoms with E-state index in [9.17, 15) is 18.4 Å². The first-order chi connectivity index (χ1) is 14.0. The highest BCUT2D eigenvalue weighted by molar-refractivity contribution is 6.05. The van der Waals surface area contributed by atoms with Crippen LogP contribution in [0.4, 0.5) is 14.5 Å². The topological polar surface area (TPSA) is 75.2 Å². The fourth-order valence-corrected chi connectivity index (χ4v) is 2.64. The molecule has 0 fully saturated rings. The maximum Gasteiger partial charge on any atom is 0.272 e. The molecule has 2 amide bonds. The molecule has 0 aliphatic carbocycles. The van der Waals surface area contributed by atoms with Crippen LogP contribution in [-0.2, 0) is 6.42 Å². The van der Waals surface area contributed by atoms with Crippen LogP contribution in [0.5, 0.6) is 0 Å². The summed E-state index contributed by atoms with van der Waals surface area (Å²) in [7, 11) is 1.63. The van der Waals surface area contributed by atoms with Crippen LogP contribution in [0.1, 0.15) is 26.4 Å². The van der Waals surface area contributed by atoms with E-state index < -0.39 is 23.2 Å². The second-order valence-electron chi connectivity index (χ2n) is 6.31. The monoisotopic (exact) mass is 396 g/mol. The smallest absolute Gasteiger partial charge is 0.272 e. The standard InChI is InChI=1S/C21H18F2N4O2/c1-27(12-8-14-5-9-24-10-6-14)21(29)18-13-15(7-11-25-18)20(28)26-19-16(22)3-2-4-17(19)23/h2-7,9-11,13H,8,12H2,1H3,(H,26,28). The number of halogens is 2. The Bertz CT molecular complexity index is 1010. The Morgan fingerprint density at radius 2 is 1.72 bits per heavy atom. The summed E-state index contributed by atoms with van der Waals surface area (Å²) in [6, 6.07) is 9.66. The van der Waals surface area contributed by atoms with Crippen LogP contribution in [0.2, 0.25) is 0 Å². The van der Waals surface area contributed by atoms with Crippen molar-refractivity contribution in [3.63, 3.8) is 0 Å². The molecular formula is C21H18F2N4O2. The van der Waals surface area contributed by atoms with Crippen molar-refractivity contribution in [3.05, 3.63) is 89.5 Å². The Balaban J connectivity index is 1.69. The number of benzene rings is 1. The lowest BCUT2D eigenvalue weighted by atomic mass is 10.1. The lowest BCUT2D eigenvalue weighted by molar-refractivity contribution is 0.0791. The zero-order valence-electron chi connectivity index (χ0n) is 15.6. The van der Waals surface area contributed by atoms with Gasteiger partial charge in [0.05, 0.1) is 0 Å². The highest BCUT2D eigenvalue weighted by Gasteiger charge is 2.17. The third-order valence-electron chi connectivity index (χ3n) is 4.27. The molecule has 3 aromatic rings. The van der Waals surface area contributed by atoms with Crippen molar-refractivity contribution < 1.29 is 18.4 Å². The van der Waals surface area contributed by atoms with Crippen LogP contribution in [0.15, 0.2) is 61.1 Å². The summed E-state index contributed by atoms with van der Waals surface area (Å²) in [5.41, 5.74) is 0.613. The van der Waals surface area contributed by atoms with Crippen LogP contribution >= 0.6 is 0 Å². The van der Waals surface area contributed by atoms with E-state index >= 15 is 0 Å². The number of anilines is 1. The first-order valence-corrected chi connectivity index (χ1v) is 8.81. The zero-order chi connectivity index (χ0) is 20.8. The first-order valence-electron chi connectivity index (χ1n) is 8.81. The first kappa shape index (κ1) is 20.1. The van der Waals surface area contributed by atoms with Gasteiger partial charge in [0.1, 0.15) is 23.0 Å². The minimum absolute atomic E-state index is 0.0592. The third-order valence-corrected chi connectivity index (χ3v) is 4.27. The molecule has 0 spiro atoms. The second kappa shape index (κ2) is 9.01. The number of carbonyl (C=O) groups excluding carboxylic acids is 2. The van der Waals surface area contributed by atoms with Gasteiger partial charge in [-0.05, 0) is 48.4 Å². The molecule has 2 heterocycles. The Labute approximate surface area is 166 Å². The zero-order valence-corrected chi connectivity index (χ0v) is 15.6. The lowest BCUT2D eigenvalue weighted by Gasteiger charge is -2.17. The molecule has 0 saturated heterocycles. The van der Waals surface area contributed by atoms with Crippen LogP contribution in [-0.4, -0.2) is 40.3 Å². The van der Waals surface area contributed by atoms with Gasteiger partial charge in [-0.2, -0.15) is 0 Å². The molecule has 8 heteroatoms. The van der Waals surface area contributed by atoms with Gasteiger partial charge in [0, 0.05) is 37.7 Å².